The van der Waals surface area contributed by atoms with Crippen LogP contribution in [0.5, 0.6) is 0 Å². The number of hydrogen-bond donors (Lipinski definition) is 1. The first kappa shape index (κ1) is 18.8. The lowest BCUT2D eigenvalue weighted by Crippen LogP contribution is -2.26. The van der Waals surface area contributed by atoms with Crippen LogP contribution in [0.3, 0.4) is 0 Å². The van der Waals surface area contributed by atoms with E-state index < -0.39 is 0 Å². The highest BCUT2D eigenvalue weighted by molar-refractivity contribution is 5.69. The van der Waals surface area contributed by atoms with Gasteiger partial charge in [0.2, 0.25) is 5.95 Å². The smallest absolute Gasteiger partial charge is 0.223 e. The fourth-order valence-electron chi connectivity index (χ4n) is 4.32. The molecule has 4 aromatic rings. The molecule has 3 heterocycles. The van der Waals surface area contributed by atoms with Crippen molar-refractivity contribution in [2.75, 3.05) is 5.32 Å². The number of nitrogens with zero attached hydrogens (tertiary/aromatic N) is 4. The largest absolute Gasteiger partial charge is 0.351 e. The summed E-state index contributed by atoms with van der Waals surface area (Å²) in [5.74, 6) is 1.54. The molecule has 0 unspecified atom stereocenters. The topological polar surface area (TPSA) is 55.1 Å². The maximum absolute atomic E-state index is 4.90. The van der Waals surface area contributed by atoms with E-state index in [2.05, 4.69) is 76.1 Å². The second-order valence-corrected chi connectivity index (χ2v) is 8.48. The third-order valence-electron chi connectivity index (χ3n) is 6.18. The first-order valence-corrected chi connectivity index (χ1v) is 10.8. The lowest BCUT2D eigenvalue weighted by molar-refractivity contribution is 0.360. The summed E-state index contributed by atoms with van der Waals surface area (Å²) in [5.41, 5.74) is 6.22. The van der Waals surface area contributed by atoms with Gasteiger partial charge in [0, 0.05) is 18.4 Å². The van der Waals surface area contributed by atoms with Crippen LogP contribution in [0.4, 0.5) is 5.95 Å². The lowest BCUT2D eigenvalue weighted by atomic mass is 9.87. The van der Waals surface area contributed by atoms with Gasteiger partial charge in [0.05, 0.1) is 17.6 Å². The van der Waals surface area contributed by atoms with E-state index in [-0.39, 0.29) is 0 Å². The highest BCUT2D eigenvalue weighted by Gasteiger charge is 2.19. The van der Waals surface area contributed by atoms with Crippen LogP contribution in [-0.4, -0.2) is 25.4 Å². The van der Waals surface area contributed by atoms with Gasteiger partial charge in [-0.05, 0) is 67.3 Å². The summed E-state index contributed by atoms with van der Waals surface area (Å²) in [6, 6.07) is 15.1. The van der Waals surface area contributed by atoms with Crippen LogP contribution in [0.25, 0.3) is 28.2 Å². The van der Waals surface area contributed by atoms with Gasteiger partial charge in [-0.2, -0.15) is 0 Å². The lowest BCUT2D eigenvalue weighted by Gasteiger charge is -2.27. The van der Waals surface area contributed by atoms with Crippen molar-refractivity contribution >= 4 is 11.6 Å². The molecule has 1 aromatic carbocycles. The Kier molecular flexibility index (Phi) is 4.95. The van der Waals surface area contributed by atoms with Gasteiger partial charge in [0.1, 0.15) is 5.65 Å². The first-order chi connectivity index (χ1) is 14.7. The van der Waals surface area contributed by atoms with Crippen LogP contribution in [0.2, 0.25) is 0 Å². The maximum atomic E-state index is 4.90. The molecule has 0 aliphatic heterocycles. The van der Waals surface area contributed by atoms with Crippen molar-refractivity contribution < 1.29 is 0 Å². The Labute approximate surface area is 177 Å². The zero-order chi connectivity index (χ0) is 20.5. The van der Waals surface area contributed by atoms with E-state index in [4.69, 9.17) is 4.98 Å². The second-order valence-electron chi connectivity index (χ2n) is 8.48. The fourth-order valence-corrected chi connectivity index (χ4v) is 4.32. The van der Waals surface area contributed by atoms with Gasteiger partial charge in [-0.25, -0.2) is 15.0 Å². The van der Waals surface area contributed by atoms with Crippen LogP contribution in [0.15, 0.2) is 61.1 Å². The van der Waals surface area contributed by atoms with Gasteiger partial charge in [0.25, 0.3) is 0 Å². The molecule has 5 nitrogen and oxygen atoms in total. The van der Waals surface area contributed by atoms with Crippen LogP contribution in [0, 0.1) is 12.8 Å². The van der Waals surface area contributed by atoms with Crippen molar-refractivity contribution in [3.8, 4) is 22.5 Å². The number of pyridine rings is 1. The molecule has 0 saturated heterocycles. The average molecular weight is 398 g/mol. The van der Waals surface area contributed by atoms with Crippen molar-refractivity contribution in [1.29, 1.82) is 0 Å². The van der Waals surface area contributed by atoms with Crippen molar-refractivity contribution in [2.45, 2.75) is 45.6 Å². The number of imidazole rings is 1. The van der Waals surface area contributed by atoms with Gasteiger partial charge in [0.15, 0.2) is 0 Å². The Morgan fingerprint density at radius 1 is 0.900 bits per heavy atom. The summed E-state index contributed by atoms with van der Waals surface area (Å²) in [4.78, 5) is 14.1. The molecule has 0 radical (unpaired) electrons. The normalized spacial score (nSPS) is 19.1. The average Bonchev–Trinajstić information content (AvgIpc) is 3.20. The summed E-state index contributed by atoms with van der Waals surface area (Å²) < 4.78 is 2.13. The molecule has 0 bridgehead atoms. The van der Waals surface area contributed by atoms with Crippen molar-refractivity contribution in [2.24, 2.45) is 5.92 Å². The number of rotatable bonds is 4. The quantitative estimate of drug-likeness (QED) is 0.476. The van der Waals surface area contributed by atoms with Crippen molar-refractivity contribution in [3.63, 3.8) is 0 Å². The molecular weight excluding hydrogens is 370 g/mol. The first-order valence-electron chi connectivity index (χ1n) is 10.8. The highest BCUT2D eigenvalue weighted by atomic mass is 15.1. The zero-order valence-electron chi connectivity index (χ0n) is 17.5. The van der Waals surface area contributed by atoms with Gasteiger partial charge in [-0.1, -0.05) is 37.3 Å². The number of fused-ring (bicyclic) bond motifs is 1. The predicted molar refractivity (Wildman–Crippen MR) is 121 cm³/mol. The van der Waals surface area contributed by atoms with E-state index >= 15 is 0 Å². The number of anilines is 1. The third kappa shape index (κ3) is 3.67. The zero-order valence-corrected chi connectivity index (χ0v) is 17.5. The molecule has 5 rings (SSSR count). The predicted octanol–water partition coefficient (Wildman–Crippen LogP) is 5.76. The standard InChI is InChI=1S/C25H27N5/c1-17-8-11-21(12-9-17)28-25-27-14-18(2)24(29-25)22-15-26-23-13-10-20(16-30(22)23)19-6-4-3-5-7-19/h3-7,10,13-17,21H,8-9,11-12H2,1-2H3,(H,27,28,29)/t17-,21-. The monoisotopic (exact) mass is 397 g/mol. The molecule has 0 spiro atoms. The molecular formula is C25H27N5. The summed E-state index contributed by atoms with van der Waals surface area (Å²) in [7, 11) is 0. The Morgan fingerprint density at radius 2 is 1.70 bits per heavy atom. The molecule has 1 fully saturated rings. The van der Waals surface area contributed by atoms with E-state index in [0.29, 0.717) is 12.0 Å². The fraction of sp³-hybridized carbons (Fsp3) is 0.320. The van der Waals surface area contributed by atoms with E-state index in [1.807, 2.05) is 18.5 Å². The molecule has 1 N–H and O–H groups in total. The van der Waals surface area contributed by atoms with Crippen LogP contribution in [0.1, 0.15) is 38.2 Å². The number of hydrogen-bond acceptors (Lipinski definition) is 4. The summed E-state index contributed by atoms with van der Waals surface area (Å²) in [5, 5.41) is 3.56. The molecule has 152 valence electrons. The van der Waals surface area contributed by atoms with Gasteiger partial charge >= 0.3 is 0 Å². The van der Waals surface area contributed by atoms with E-state index in [0.717, 1.165) is 34.1 Å². The highest BCUT2D eigenvalue weighted by Crippen LogP contribution is 2.28. The number of aryl methyl sites for hydroxylation is 1. The number of aromatic nitrogens is 4. The van der Waals surface area contributed by atoms with Crippen LogP contribution in [-0.2, 0) is 0 Å². The Balaban J connectivity index is 1.50. The maximum Gasteiger partial charge on any atom is 0.223 e. The molecule has 5 heteroatoms. The second kappa shape index (κ2) is 7.90. The number of nitrogens with one attached hydrogen (secondary N) is 1. The molecule has 1 saturated carbocycles. The Bertz CT molecular complexity index is 1160. The van der Waals surface area contributed by atoms with Crippen molar-refractivity contribution in [1.82, 2.24) is 19.4 Å². The third-order valence-corrected chi connectivity index (χ3v) is 6.18. The van der Waals surface area contributed by atoms with E-state index in [9.17, 15) is 0 Å². The molecule has 30 heavy (non-hydrogen) atoms. The molecule has 0 atom stereocenters. The summed E-state index contributed by atoms with van der Waals surface area (Å²) >= 11 is 0. The molecule has 1 aliphatic rings. The minimum Gasteiger partial charge on any atom is -0.351 e. The minimum atomic E-state index is 0.462. The number of benzene rings is 1. The molecule has 1 aliphatic carbocycles. The van der Waals surface area contributed by atoms with Crippen LogP contribution >= 0.6 is 0 Å². The SMILES string of the molecule is Cc1cnc(N[C@H]2CC[C@H](C)CC2)nc1-c1cnc2ccc(-c3ccccc3)cn12. The molecule has 0 amide bonds. The minimum absolute atomic E-state index is 0.462. The van der Waals surface area contributed by atoms with Crippen molar-refractivity contribution in [3.05, 3.63) is 66.6 Å². The molecule has 3 aromatic heterocycles. The van der Waals surface area contributed by atoms with E-state index in [1.54, 1.807) is 0 Å². The van der Waals surface area contributed by atoms with Gasteiger partial charge in [-0.15, -0.1) is 0 Å². The van der Waals surface area contributed by atoms with Crippen LogP contribution < -0.4 is 5.32 Å². The summed E-state index contributed by atoms with van der Waals surface area (Å²) in [6.45, 7) is 4.40. The Morgan fingerprint density at radius 3 is 2.50 bits per heavy atom. The summed E-state index contributed by atoms with van der Waals surface area (Å²) in [6.07, 6.45) is 10.9. The Hall–Kier alpha value is -3.21. The van der Waals surface area contributed by atoms with Gasteiger partial charge in [-0.3, -0.25) is 4.40 Å². The van der Waals surface area contributed by atoms with Gasteiger partial charge < -0.3 is 5.32 Å². The van der Waals surface area contributed by atoms with E-state index in [1.165, 1.54) is 31.2 Å².